The van der Waals surface area contributed by atoms with Crippen molar-refractivity contribution >= 4 is 47.2 Å². The number of aliphatic imine (C=N–C) groups is 1. The standard InChI is InChI=1S/C18H30N4O2S.HI/c1-13(9-16-6-5-14(2)25-16)21-18(20-11-17(23)22(3)4)19-10-15-7-8-24-12-15;/h5-6,13,15H,7-12H2,1-4H3,(H2,19,20,21);1H. The Kier molecular flexibility index (Phi) is 10.5. The van der Waals surface area contributed by atoms with Crippen LogP contribution in [-0.2, 0) is 16.0 Å². The Morgan fingerprint density at radius 3 is 2.81 bits per heavy atom. The number of thiophene rings is 1. The first-order chi connectivity index (χ1) is 11.9. The second-order valence-electron chi connectivity index (χ2n) is 6.83. The molecule has 1 aliphatic rings. The minimum Gasteiger partial charge on any atom is -0.381 e. The molecular formula is C18H31IN4O2S. The van der Waals surface area contributed by atoms with Gasteiger partial charge in [0.25, 0.3) is 0 Å². The number of ether oxygens (including phenoxy) is 1. The molecular weight excluding hydrogens is 463 g/mol. The minimum absolute atomic E-state index is 0. The van der Waals surface area contributed by atoms with Gasteiger partial charge in [0.2, 0.25) is 5.91 Å². The number of hydrogen-bond acceptors (Lipinski definition) is 4. The molecule has 1 aliphatic heterocycles. The van der Waals surface area contributed by atoms with Crippen LogP contribution in [0.1, 0.15) is 23.1 Å². The lowest BCUT2D eigenvalue weighted by Crippen LogP contribution is -2.45. The van der Waals surface area contributed by atoms with Gasteiger partial charge in [0.05, 0.1) is 6.61 Å². The minimum atomic E-state index is -0.00756. The summed E-state index contributed by atoms with van der Waals surface area (Å²) in [6.45, 7) is 6.84. The lowest BCUT2D eigenvalue weighted by atomic mass is 10.1. The van der Waals surface area contributed by atoms with Gasteiger partial charge in [0.1, 0.15) is 6.54 Å². The first-order valence-corrected chi connectivity index (χ1v) is 9.63. The molecule has 0 aliphatic carbocycles. The summed E-state index contributed by atoms with van der Waals surface area (Å²) in [6.07, 6.45) is 2.01. The summed E-state index contributed by atoms with van der Waals surface area (Å²) >= 11 is 1.82. The van der Waals surface area contributed by atoms with E-state index >= 15 is 0 Å². The number of nitrogens with zero attached hydrogens (tertiary/aromatic N) is 2. The van der Waals surface area contributed by atoms with Gasteiger partial charge in [-0.2, -0.15) is 0 Å². The van der Waals surface area contributed by atoms with Crippen molar-refractivity contribution in [3.05, 3.63) is 21.9 Å². The van der Waals surface area contributed by atoms with Crippen molar-refractivity contribution in [2.24, 2.45) is 10.9 Å². The van der Waals surface area contributed by atoms with Crippen LogP contribution in [0.4, 0.5) is 0 Å². The van der Waals surface area contributed by atoms with Gasteiger partial charge in [0.15, 0.2) is 5.96 Å². The highest BCUT2D eigenvalue weighted by Crippen LogP contribution is 2.16. The number of amides is 1. The van der Waals surface area contributed by atoms with Gasteiger partial charge >= 0.3 is 0 Å². The molecule has 0 radical (unpaired) electrons. The molecule has 0 spiro atoms. The Labute approximate surface area is 177 Å². The number of guanidine groups is 1. The van der Waals surface area contributed by atoms with Gasteiger partial charge in [-0.1, -0.05) is 0 Å². The first kappa shape index (κ1) is 23.2. The third-order valence-corrected chi connectivity index (χ3v) is 5.16. The highest BCUT2D eigenvalue weighted by molar-refractivity contribution is 14.0. The smallest absolute Gasteiger partial charge is 0.243 e. The lowest BCUT2D eigenvalue weighted by Gasteiger charge is -2.19. The third-order valence-electron chi connectivity index (χ3n) is 4.14. The second-order valence-corrected chi connectivity index (χ2v) is 8.20. The van der Waals surface area contributed by atoms with E-state index in [0.717, 1.165) is 32.6 Å². The van der Waals surface area contributed by atoms with Crippen LogP contribution >= 0.6 is 35.3 Å². The third kappa shape index (κ3) is 8.22. The Balaban J connectivity index is 0.00000338. The van der Waals surface area contributed by atoms with Crippen molar-refractivity contribution in [3.63, 3.8) is 0 Å². The molecule has 1 aromatic rings. The molecule has 2 N–H and O–H groups in total. The topological polar surface area (TPSA) is 66.0 Å². The molecule has 0 bridgehead atoms. The molecule has 0 aromatic carbocycles. The molecule has 148 valence electrons. The maximum Gasteiger partial charge on any atom is 0.243 e. The van der Waals surface area contributed by atoms with Crippen LogP contribution in [0.2, 0.25) is 0 Å². The summed E-state index contributed by atoms with van der Waals surface area (Å²) in [5.74, 6) is 1.20. The molecule has 2 rings (SSSR count). The van der Waals surface area contributed by atoms with Crippen LogP contribution in [0, 0.1) is 12.8 Å². The molecule has 26 heavy (non-hydrogen) atoms. The predicted octanol–water partition coefficient (Wildman–Crippen LogP) is 2.27. The summed E-state index contributed by atoms with van der Waals surface area (Å²) in [7, 11) is 3.49. The largest absolute Gasteiger partial charge is 0.381 e. The number of rotatable bonds is 7. The molecule has 1 amide bonds. The lowest BCUT2D eigenvalue weighted by molar-refractivity contribution is -0.127. The van der Waals surface area contributed by atoms with Gasteiger partial charge in [-0.05, 0) is 32.4 Å². The molecule has 0 saturated carbocycles. The molecule has 6 nitrogen and oxygen atoms in total. The maximum absolute atomic E-state index is 11.8. The molecule has 8 heteroatoms. The van der Waals surface area contributed by atoms with Crippen LogP contribution in [0.25, 0.3) is 0 Å². The monoisotopic (exact) mass is 494 g/mol. The average molecular weight is 494 g/mol. The maximum atomic E-state index is 11.8. The molecule has 1 fully saturated rings. The highest BCUT2D eigenvalue weighted by atomic mass is 127. The number of aryl methyl sites for hydroxylation is 1. The molecule has 1 aromatic heterocycles. The van der Waals surface area contributed by atoms with E-state index in [4.69, 9.17) is 4.74 Å². The van der Waals surface area contributed by atoms with E-state index in [9.17, 15) is 4.79 Å². The summed E-state index contributed by atoms with van der Waals surface area (Å²) < 4.78 is 5.42. The van der Waals surface area contributed by atoms with Crippen molar-refractivity contribution < 1.29 is 9.53 Å². The van der Waals surface area contributed by atoms with E-state index in [1.54, 1.807) is 19.0 Å². The first-order valence-electron chi connectivity index (χ1n) is 8.82. The van der Waals surface area contributed by atoms with E-state index < -0.39 is 0 Å². The molecule has 2 unspecified atom stereocenters. The number of nitrogens with one attached hydrogen (secondary N) is 2. The van der Waals surface area contributed by atoms with Gasteiger partial charge in [-0.3, -0.25) is 4.79 Å². The SMILES string of the molecule is Cc1ccc(CC(C)NC(=NCC(=O)N(C)C)NCC2CCOC2)s1.I. The normalized spacial score (nSPS) is 18.2. The van der Waals surface area contributed by atoms with E-state index in [1.165, 1.54) is 9.75 Å². The van der Waals surface area contributed by atoms with E-state index in [1.807, 2.05) is 11.3 Å². The van der Waals surface area contributed by atoms with Crippen LogP contribution in [0.3, 0.4) is 0 Å². The van der Waals surface area contributed by atoms with E-state index in [2.05, 4.69) is 41.6 Å². The fourth-order valence-electron chi connectivity index (χ4n) is 2.61. The second kappa shape index (κ2) is 11.8. The molecule has 2 heterocycles. The quantitative estimate of drug-likeness (QED) is 0.347. The van der Waals surface area contributed by atoms with Gasteiger partial charge in [0, 0.05) is 55.4 Å². The van der Waals surface area contributed by atoms with Gasteiger partial charge < -0.3 is 20.3 Å². The van der Waals surface area contributed by atoms with Crippen molar-refractivity contribution in [1.29, 1.82) is 0 Å². The zero-order valence-corrected chi connectivity index (χ0v) is 19.2. The summed E-state index contributed by atoms with van der Waals surface area (Å²) in [6, 6.07) is 4.56. The van der Waals surface area contributed by atoms with Gasteiger partial charge in [-0.15, -0.1) is 35.3 Å². The van der Waals surface area contributed by atoms with E-state index in [-0.39, 0.29) is 42.5 Å². The number of likely N-dealkylation sites (N-methyl/N-ethyl adjacent to an activating group) is 1. The molecule has 2 atom stereocenters. The number of carbonyl (C=O) groups excluding carboxylic acids is 1. The number of hydrogen-bond donors (Lipinski definition) is 2. The van der Waals surface area contributed by atoms with Crippen LogP contribution in [-0.4, -0.2) is 63.2 Å². The van der Waals surface area contributed by atoms with Crippen LogP contribution < -0.4 is 10.6 Å². The Hall–Kier alpha value is -0.870. The fraction of sp³-hybridized carbons (Fsp3) is 0.667. The number of halogens is 1. The van der Waals surface area contributed by atoms with Crippen LogP contribution in [0.15, 0.2) is 17.1 Å². The summed E-state index contributed by atoms with van der Waals surface area (Å²) in [5.41, 5.74) is 0. The fourth-order valence-corrected chi connectivity index (χ4v) is 3.63. The molecule has 1 saturated heterocycles. The Bertz CT molecular complexity index is 586. The zero-order valence-electron chi connectivity index (χ0n) is 16.1. The summed E-state index contributed by atoms with van der Waals surface area (Å²) in [4.78, 5) is 20.5. The zero-order chi connectivity index (χ0) is 18.2. The summed E-state index contributed by atoms with van der Waals surface area (Å²) in [5, 5.41) is 6.80. The van der Waals surface area contributed by atoms with E-state index in [0.29, 0.717) is 11.9 Å². The Morgan fingerprint density at radius 2 is 2.23 bits per heavy atom. The highest BCUT2D eigenvalue weighted by Gasteiger charge is 2.17. The average Bonchev–Trinajstić information content (AvgIpc) is 3.21. The van der Waals surface area contributed by atoms with Gasteiger partial charge in [-0.25, -0.2) is 4.99 Å². The Morgan fingerprint density at radius 1 is 1.46 bits per heavy atom. The van der Waals surface area contributed by atoms with Crippen molar-refractivity contribution in [2.45, 2.75) is 32.7 Å². The van der Waals surface area contributed by atoms with Crippen molar-refractivity contribution in [1.82, 2.24) is 15.5 Å². The van der Waals surface area contributed by atoms with Crippen LogP contribution in [0.5, 0.6) is 0 Å². The predicted molar refractivity (Wildman–Crippen MR) is 119 cm³/mol. The van der Waals surface area contributed by atoms with Crippen molar-refractivity contribution in [3.8, 4) is 0 Å². The van der Waals surface area contributed by atoms with Crippen molar-refractivity contribution in [2.75, 3.05) is 40.4 Å². The number of carbonyl (C=O) groups is 1.